The monoisotopic (exact) mass is 339 g/mol. The van der Waals surface area contributed by atoms with Crippen LogP contribution in [0.25, 0.3) is 0 Å². The number of ether oxygens (including phenoxy) is 1. The van der Waals surface area contributed by atoms with E-state index in [9.17, 15) is 4.79 Å². The molecule has 2 fully saturated rings. The number of likely N-dealkylation sites (tertiary alicyclic amines) is 1. The van der Waals surface area contributed by atoms with Crippen molar-refractivity contribution >= 4 is 12.1 Å². The Kier molecular flexibility index (Phi) is 7.62. The van der Waals surface area contributed by atoms with Gasteiger partial charge in [0.05, 0.1) is 6.61 Å². The number of hydrogen-bond donors (Lipinski definition) is 1. The highest BCUT2D eigenvalue weighted by Gasteiger charge is 2.23. The van der Waals surface area contributed by atoms with E-state index in [-0.39, 0.29) is 6.09 Å². The number of guanidine groups is 1. The molecule has 0 aromatic carbocycles. The SMILES string of the molecule is CCOC(=O)N1CCN(C(=NC)NCCN2CCCC(C)C2)CC1. The normalized spacial score (nSPS) is 23.3. The van der Waals surface area contributed by atoms with E-state index >= 15 is 0 Å². The third kappa shape index (κ3) is 5.54. The van der Waals surface area contributed by atoms with Gasteiger partial charge in [0.15, 0.2) is 5.96 Å². The number of nitrogens with one attached hydrogen (secondary N) is 1. The number of piperazine rings is 1. The molecule has 0 aromatic heterocycles. The fraction of sp³-hybridized carbons (Fsp3) is 0.882. The van der Waals surface area contributed by atoms with Gasteiger partial charge in [0, 0.05) is 52.9 Å². The summed E-state index contributed by atoms with van der Waals surface area (Å²) in [5.41, 5.74) is 0. The van der Waals surface area contributed by atoms with Gasteiger partial charge in [-0.3, -0.25) is 4.99 Å². The van der Waals surface area contributed by atoms with Gasteiger partial charge in [-0.25, -0.2) is 4.79 Å². The lowest BCUT2D eigenvalue weighted by molar-refractivity contribution is 0.0914. The molecule has 0 radical (unpaired) electrons. The molecule has 1 N–H and O–H groups in total. The lowest BCUT2D eigenvalue weighted by Crippen LogP contribution is -2.54. The summed E-state index contributed by atoms with van der Waals surface area (Å²) in [5, 5.41) is 3.47. The van der Waals surface area contributed by atoms with Crippen molar-refractivity contribution in [2.75, 3.05) is 66.0 Å². The van der Waals surface area contributed by atoms with Crippen molar-refractivity contribution in [2.24, 2.45) is 10.9 Å². The molecule has 0 aliphatic carbocycles. The summed E-state index contributed by atoms with van der Waals surface area (Å²) in [6.07, 6.45) is 2.46. The van der Waals surface area contributed by atoms with E-state index in [0.29, 0.717) is 19.7 Å². The van der Waals surface area contributed by atoms with Gasteiger partial charge in [0.1, 0.15) is 0 Å². The minimum atomic E-state index is -0.209. The smallest absolute Gasteiger partial charge is 0.409 e. The standard InChI is InChI=1S/C17H33N5O2/c1-4-24-17(23)22-12-10-21(11-13-22)16(18-3)19-7-9-20-8-5-6-15(2)14-20/h15H,4-14H2,1-3H3,(H,18,19). The predicted molar refractivity (Wildman–Crippen MR) is 96.4 cm³/mol. The van der Waals surface area contributed by atoms with Gasteiger partial charge in [0.25, 0.3) is 0 Å². The maximum atomic E-state index is 11.8. The van der Waals surface area contributed by atoms with Crippen LogP contribution in [0.4, 0.5) is 4.79 Å². The van der Waals surface area contributed by atoms with Crippen LogP contribution in [0.5, 0.6) is 0 Å². The highest BCUT2D eigenvalue weighted by atomic mass is 16.6. The van der Waals surface area contributed by atoms with Crippen molar-refractivity contribution in [2.45, 2.75) is 26.7 Å². The molecule has 7 heteroatoms. The highest BCUT2D eigenvalue weighted by Crippen LogP contribution is 2.14. The third-order valence-corrected chi connectivity index (χ3v) is 4.77. The van der Waals surface area contributed by atoms with Crippen molar-refractivity contribution in [3.8, 4) is 0 Å². The lowest BCUT2D eigenvalue weighted by Gasteiger charge is -2.36. The minimum Gasteiger partial charge on any atom is -0.450 e. The summed E-state index contributed by atoms with van der Waals surface area (Å²) in [7, 11) is 1.82. The molecule has 24 heavy (non-hydrogen) atoms. The molecule has 138 valence electrons. The van der Waals surface area contributed by atoms with E-state index in [0.717, 1.165) is 38.1 Å². The van der Waals surface area contributed by atoms with Crippen LogP contribution in [0.2, 0.25) is 0 Å². The van der Waals surface area contributed by atoms with Gasteiger partial charge < -0.3 is 24.8 Å². The second-order valence-electron chi connectivity index (χ2n) is 6.70. The van der Waals surface area contributed by atoms with Gasteiger partial charge >= 0.3 is 6.09 Å². The van der Waals surface area contributed by atoms with Crippen molar-refractivity contribution in [1.29, 1.82) is 0 Å². The number of piperidine rings is 1. The molecule has 2 aliphatic heterocycles. The first-order valence-corrected chi connectivity index (χ1v) is 9.23. The average molecular weight is 339 g/mol. The zero-order valence-corrected chi connectivity index (χ0v) is 15.5. The maximum absolute atomic E-state index is 11.8. The quantitative estimate of drug-likeness (QED) is 0.613. The molecule has 0 bridgehead atoms. The predicted octanol–water partition coefficient (Wildman–Crippen LogP) is 1.07. The second kappa shape index (κ2) is 9.71. The molecule has 7 nitrogen and oxygen atoms in total. The minimum absolute atomic E-state index is 0.209. The van der Waals surface area contributed by atoms with Gasteiger partial charge in [-0.15, -0.1) is 0 Å². The zero-order chi connectivity index (χ0) is 17.4. The van der Waals surface area contributed by atoms with Crippen LogP contribution in [0, 0.1) is 5.92 Å². The van der Waals surface area contributed by atoms with Crippen LogP contribution >= 0.6 is 0 Å². The van der Waals surface area contributed by atoms with E-state index in [1.54, 1.807) is 4.90 Å². The molecule has 1 atom stereocenters. The fourth-order valence-electron chi connectivity index (χ4n) is 3.46. The maximum Gasteiger partial charge on any atom is 0.409 e. The summed E-state index contributed by atoms with van der Waals surface area (Å²) >= 11 is 0. The van der Waals surface area contributed by atoms with E-state index in [1.165, 1.54) is 25.9 Å². The van der Waals surface area contributed by atoms with Gasteiger partial charge in [-0.2, -0.15) is 0 Å². The molecular weight excluding hydrogens is 306 g/mol. The summed E-state index contributed by atoms with van der Waals surface area (Å²) in [5.74, 6) is 1.75. The topological polar surface area (TPSA) is 60.4 Å². The van der Waals surface area contributed by atoms with Crippen molar-refractivity contribution < 1.29 is 9.53 Å². The summed E-state index contributed by atoms with van der Waals surface area (Å²) in [6.45, 7) is 11.9. The lowest BCUT2D eigenvalue weighted by atomic mass is 10.0. The summed E-state index contributed by atoms with van der Waals surface area (Å²) in [6, 6.07) is 0. The Morgan fingerprint density at radius 3 is 2.54 bits per heavy atom. The molecule has 0 aromatic rings. The third-order valence-electron chi connectivity index (χ3n) is 4.77. The molecule has 2 saturated heterocycles. The number of rotatable bonds is 4. The van der Waals surface area contributed by atoms with E-state index in [1.807, 2.05) is 14.0 Å². The molecule has 2 heterocycles. The largest absolute Gasteiger partial charge is 0.450 e. The Bertz CT molecular complexity index is 421. The van der Waals surface area contributed by atoms with Gasteiger partial charge in [-0.1, -0.05) is 6.92 Å². The van der Waals surface area contributed by atoms with Crippen LogP contribution in [-0.2, 0) is 4.74 Å². The summed E-state index contributed by atoms with van der Waals surface area (Å²) < 4.78 is 5.06. The van der Waals surface area contributed by atoms with E-state index in [2.05, 4.69) is 27.0 Å². The van der Waals surface area contributed by atoms with Crippen LogP contribution in [-0.4, -0.2) is 92.8 Å². The van der Waals surface area contributed by atoms with Gasteiger partial charge in [0.2, 0.25) is 0 Å². The van der Waals surface area contributed by atoms with Crippen LogP contribution in [0.15, 0.2) is 4.99 Å². The number of carbonyl (C=O) groups excluding carboxylic acids is 1. The van der Waals surface area contributed by atoms with Crippen molar-refractivity contribution in [3.05, 3.63) is 0 Å². The molecule has 0 spiro atoms. The summed E-state index contributed by atoms with van der Waals surface area (Å²) in [4.78, 5) is 22.7. The van der Waals surface area contributed by atoms with Gasteiger partial charge in [-0.05, 0) is 32.2 Å². The first kappa shape index (κ1) is 18.8. The number of nitrogens with zero attached hydrogens (tertiary/aromatic N) is 4. The van der Waals surface area contributed by atoms with Crippen molar-refractivity contribution in [3.63, 3.8) is 0 Å². The molecule has 1 amide bonds. The fourth-order valence-corrected chi connectivity index (χ4v) is 3.46. The highest BCUT2D eigenvalue weighted by molar-refractivity contribution is 5.80. The number of amides is 1. The molecule has 2 aliphatic rings. The molecule has 0 saturated carbocycles. The average Bonchev–Trinajstić information content (AvgIpc) is 2.59. The second-order valence-corrected chi connectivity index (χ2v) is 6.70. The Morgan fingerprint density at radius 1 is 1.21 bits per heavy atom. The Morgan fingerprint density at radius 2 is 1.92 bits per heavy atom. The van der Waals surface area contributed by atoms with Crippen molar-refractivity contribution in [1.82, 2.24) is 20.0 Å². The zero-order valence-electron chi connectivity index (χ0n) is 15.5. The number of carbonyl (C=O) groups is 1. The number of hydrogen-bond acceptors (Lipinski definition) is 4. The van der Waals surface area contributed by atoms with E-state index < -0.39 is 0 Å². The first-order chi connectivity index (χ1) is 11.6. The first-order valence-electron chi connectivity index (χ1n) is 9.23. The Hall–Kier alpha value is -1.50. The Balaban J connectivity index is 1.70. The molecule has 1 unspecified atom stereocenters. The number of aliphatic imine (C=N–C) groups is 1. The molecule has 2 rings (SSSR count). The Labute approximate surface area is 146 Å². The van der Waals surface area contributed by atoms with Crippen LogP contribution in [0.1, 0.15) is 26.7 Å². The van der Waals surface area contributed by atoms with Crippen LogP contribution in [0.3, 0.4) is 0 Å². The van der Waals surface area contributed by atoms with Crippen LogP contribution < -0.4 is 5.32 Å². The molecular formula is C17H33N5O2. The van der Waals surface area contributed by atoms with E-state index in [4.69, 9.17) is 4.74 Å².